The van der Waals surface area contributed by atoms with Crippen LogP contribution in [0, 0.1) is 0 Å². The van der Waals surface area contributed by atoms with Crippen LogP contribution in [0.15, 0.2) is 48.8 Å². The first-order valence-electron chi connectivity index (χ1n) is 8.60. The Hall–Kier alpha value is -2.80. The highest BCUT2D eigenvalue weighted by atomic mass is 32.1. The molecule has 0 aliphatic carbocycles. The van der Waals surface area contributed by atoms with Gasteiger partial charge in [0.25, 0.3) is 0 Å². The number of pyridine rings is 1. The zero-order valence-electron chi connectivity index (χ0n) is 15.4. The van der Waals surface area contributed by atoms with E-state index >= 15 is 0 Å². The van der Waals surface area contributed by atoms with Crippen molar-refractivity contribution >= 4 is 33.4 Å². The van der Waals surface area contributed by atoms with Crippen LogP contribution in [-0.4, -0.2) is 33.5 Å². The predicted molar refractivity (Wildman–Crippen MR) is 105 cm³/mol. The summed E-state index contributed by atoms with van der Waals surface area (Å²) in [6.45, 7) is 5.33. The fourth-order valence-corrected chi connectivity index (χ4v) is 3.50. The van der Waals surface area contributed by atoms with Crippen LogP contribution in [0.5, 0.6) is 0 Å². The van der Waals surface area contributed by atoms with E-state index in [1.54, 1.807) is 33.2 Å². The third-order valence-corrected chi connectivity index (χ3v) is 4.75. The molecule has 6 nitrogen and oxygen atoms in total. The van der Waals surface area contributed by atoms with Crippen LogP contribution in [-0.2, 0) is 11.2 Å². The summed E-state index contributed by atoms with van der Waals surface area (Å²) < 4.78 is 6.25. The van der Waals surface area contributed by atoms with E-state index in [9.17, 15) is 9.59 Å². The average molecular weight is 383 g/mol. The lowest BCUT2D eigenvalue weighted by molar-refractivity contribution is 0.0491. The number of alkyl carbamates (subject to hydrolysis) is 1. The number of nitrogens with zero attached hydrogens (tertiary/aromatic N) is 2. The van der Waals surface area contributed by atoms with Gasteiger partial charge in [-0.3, -0.25) is 9.78 Å². The summed E-state index contributed by atoms with van der Waals surface area (Å²) in [5.41, 5.74) is 1.01. The minimum atomic E-state index is -0.775. The smallest absolute Gasteiger partial charge is 0.408 e. The quantitative estimate of drug-likeness (QED) is 0.673. The van der Waals surface area contributed by atoms with Gasteiger partial charge >= 0.3 is 6.09 Å². The highest BCUT2D eigenvalue weighted by Gasteiger charge is 2.27. The van der Waals surface area contributed by atoms with E-state index in [0.29, 0.717) is 11.4 Å². The first kappa shape index (κ1) is 19.0. The van der Waals surface area contributed by atoms with Crippen LogP contribution in [0.2, 0.25) is 0 Å². The van der Waals surface area contributed by atoms with Crippen molar-refractivity contribution < 1.29 is 14.3 Å². The fraction of sp³-hybridized carbons (Fsp3) is 0.300. The molecule has 1 amide bonds. The number of rotatable bonds is 5. The van der Waals surface area contributed by atoms with Gasteiger partial charge in [-0.05, 0) is 50.6 Å². The Morgan fingerprint density at radius 1 is 1.15 bits per heavy atom. The first-order valence-corrected chi connectivity index (χ1v) is 9.42. The number of fused-ring (bicyclic) bond motifs is 1. The van der Waals surface area contributed by atoms with Gasteiger partial charge in [-0.1, -0.05) is 12.1 Å². The van der Waals surface area contributed by atoms with Gasteiger partial charge in [0.15, 0.2) is 5.01 Å². The molecule has 0 radical (unpaired) electrons. The molecule has 140 valence electrons. The number of ketones is 1. The highest BCUT2D eigenvalue weighted by Crippen LogP contribution is 2.23. The molecule has 0 aliphatic rings. The van der Waals surface area contributed by atoms with Crippen LogP contribution < -0.4 is 5.32 Å². The predicted octanol–water partition coefficient (Wildman–Crippen LogP) is 4.01. The summed E-state index contributed by atoms with van der Waals surface area (Å²) in [6.07, 6.45) is 3.01. The normalized spacial score (nSPS) is 12.6. The maximum absolute atomic E-state index is 13.1. The van der Waals surface area contributed by atoms with Crippen LogP contribution in [0.3, 0.4) is 0 Å². The molecule has 0 saturated carbocycles. The maximum atomic E-state index is 13.1. The Balaban J connectivity index is 1.85. The number of hydrogen-bond acceptors (Lipinski definition) is 6. The zero-order valence-corrected chi connectivity index (χ0v) is 16.2. The zero-order chi connectivity index (χ0) is 19.4. The second kappa shape index (κ2) is 7.84. The van der Waals surface area contributed by atoms with Crippen LogP contribution >= 0.6 is 11.3 Å². The molecule has 2 heterocycles. The number of carbonyl (C=O) groups is 2. The van der Waals surface area contributed by atoms with Crippen LogP contribution in [0.25, 0.3) is 10.2 Å². The van der Waals surface area contributed by atoms with Gasteiger partial charge in [-0.2, -0.15) is 0 Å². The highest BCUT2D eigenvalue weighted by molar-refractivity contribution is 7.20. The van der Waals surface area contributed by atoms with Crippen molar-refractivity contribution in [3.63, 3.8) is 0 Å². The van der Waals surface area contributed by atoms with Gasteiger partial charge in [0.2, 0.25) is 5.78 Å². The number of para-hydroxylation sites is 1. The lowest BCUT2D eigenvalue weighted by Crippen LogP contribution is -2.44. The molecule has 1 aromatic carbocycles. The van der Waals surface area contributed by atoms with E-state index < -0.39 is 17.7 Å². The number of carbonyl (C=O) groups excluding carboxylic acids is 2. The lowest BCUT2D eigenvalue weighted by Gasteiger charge is -2.22. The van der Waals surface area contributed by atoms with Crippen molar-refractivity contribution in [3.8, 4) is 0 Å². The van der Waals surface area contributed by atoms with E-state index in [4.69, 9.17) is 4.74 Å². The van der Waals surface area contributed by atoms with Crippen molar-refractivity contribution in [3.05, 3.63) is 59.4 Å². The minimum Gasteiger partial charge on any atom is -0.444 e. The standard InChI is InChI=1S/C20H21N3O3S/c1-20(2,3)26-19(25)23-15(12-13-8-10-21-11-9-13)17(24)18-22-14-6-4-5-7-16(14)27-18/h4-11,15H,12H2,1-3H3,(H,23,25)/t15-/m0/s1. The van der Waals surface area contributed by atoms with E-state index in [-0.39, 0.29) is 5.78 Å². The monoisotopic (exact) mass is 383 g/mol. The Labute approximate surface area is 161 Å². The van der Waals surface area contributed by atoms with Gasteiger partial charge in [-0.25, -0.2) is 9.78 Å². The molecule has 3 aromatic rings. The summed E-state index contributed by atoms with van der Waals surface area (Å²) in [5, 5.41) is 3.07. The van der Waals surface area contributed by atoms with Crippen molar-refractivity contribution in [2.24, 2.45) is 0 Å². The third kappa shape index (κ3) is 5.10. The lowest BCUT2D eigenvalue weighted by atomic mass is 10.0. The number of ether oxygens (including phenoxy) is 1. The van der Waals surface area contributed by atoms with Crippen molar-refractivity contribution in [1.29, 1.82) is 0 Å². The molecule has 0 saturated heterocycles. The summed E-state index contributed by atoms with van der Waals surface area (Å²) in [4.78, 5) is 33.7. The summed E-state index contributed by atoms with van der Waals surface area (Å²) in [7, 11) is 0. The van der Waals surface area contributed by atoms with Gasteiger partial charge < -0.3 is 10.1 Å². The SMILES string of the molecule is CC(C)(C)OC(=O)N[C@@H](Cc1ccncc1)C(=O)c1nc2ccccc2s1. The Morgan fingerprint density at radius 2 is 1.85 bits per heavy atom. The van der Waals surface area contributed by atoms with Crippen molar-refractivity contribution in [1.82, 2.24) is 15.3 Å². The summed E-state index contributed by atoms with van der Waals surface area (Å²) >= 11 is 1.32. The number of amides is 1. The van der Waals surface area contributed by atoms with Crippen LogP contribution in [0.1, 0.15) is 36.1 Å². The van der Waals surface area contributed by atoms with E-state index in [2.05, 4.69) is 15.3 Å². The molecule has 0 bridgehead atoms. The van der Waals surface area contributed by atoms with Crippen molar-refractivity contribution in [2.45, 2.75) is 38.8 Å². The van der Waals surface area contributed by atoms with Gasteiger partial charge in [-0.15, -0.1) is 11.3 Å². The molecule has 1 N–H and O–H groups in total. The second-order valence-corrected chi connectivity index (χ2v) is 8.14. The number of nitrogens with one attached hydrogen (secondary N) is 1. The Bertz CT molecular complexity index is 915. The summed E-state index contributed by atoms with van der Waals surface area (Å²) in [5.74, 6) is -0.237. The maximum Gasteiger partial charge on any atom is 0.408 e. The molecule has 7 heteroatoms. The number of Topliss-reactive ketones (excluding diaryl/α,β-unsaturated/α-hetero) is 1. The van der Waals surface area contributed by atoms with Gasteiger partial charge in [0, 0.05) is 18.8 Å². The van der Waals surface area contributed by atoms with Crippen molar-refractivity contribution in [2.75, 3.05) is 0 Å². The molecular formula is C20H21N3O3S. The average Bonchev–Trinajstić information content (AvgIpc) is 3.04. The first-order chi connectivity index (χ1) is 12.8. The van der Waals surface area contributed by atoms with Gasteiger partial charge in [0.1, 0.15) is 11.6 Å². The number of thiazole rings is 1. The van der Waals surface area contributed by atoms with Crippen LogP contribution in [0.4, 0.5) is 4.79 Å². The largest absolute Gasteiger partial charge is 0.444 e. The molecule has 1 atom stereocenters. The molecule has 27 heavy (non-hydrogen) atoms. The second-order valence-electron chi connectivity index (χ2n) is 7.11. The van der Waals surface area contributed by atoms with E-state index in [1.807, 2.05) is 36.4 Å². The Morgan fingerprint density at radius 3 is 2.52 bits per heavy atom. The third-order valence-electron chi connectivity index (χ3n) is 3.70. The summed E-state index contributed by atoms with van der Waals surface area (Å²) in [6, 6.07) is 10.4. The molecular weight excluding hydrogens is 362 g/mol. The van der Waals surface area contributed by atoms with Gasteiger partial charge in [0.05, 0.1) is 10.2 Å². The number of aromatic nitrogens is 2. The molecule has 0 aliphatic heterocycles. The fourth-order valence-electron chi connectivity index (χ4n) is 2.54. The number of hydrogen-bond donors (Lipinski definition) is 1. The molecule has 2 aromatic heterocycles. The minimum absolute atomic E-state index is 0.237. The van der Waals surface area contributed by atoms with E-state index in [1.165, 1.54) is 11.3 Å². The number of benzene rings is 1. The molecule has 0 spiro atoms. The molecule has 0 unspecified atom stereocenters. The molecule has 0 fully saturated rings. The topological polar surface area (TPSA) is 81.2 Å². The Kier molecular flexibility index (Phi) is 5.51. The van der Waals surface area contributed by atoms with E-state index in [0.717, 1.165) is 15.8 Å². The molecule has 3 rings (SSSR count).